The van der Waals surface area contributed by atoms with E-state index in [1.807, 2.05) is 0 Å². The molecular weight excluding hydrogens is 367 g/mol. The number of methoxy groups -OCH3 is 1. The maximum atomic E-state index is 13.0. The average molecular weight is 385 g/mol. The first-order valence-corrected chi connectivity index (χ1v) is 8.39. The molecule has 0 saturated heterocycles. The Morgan fingerprint density at radius 3 is 2.67 bits per heavy atom. The van der Waals surface area contributed by atoms with Crippen molar-refractivity contribution in [1.29, 1.82) is 0 Å². The number of alkyl halides is 3. The number of aliphatic hydroxyl groups is 1. The van der Waals surface area contributed by atoms with Gasteiger partial charge in [0, 0.05) is 24.5 Å². The van der Waals surface area contributed by atoms with Crippen LogP contribution in [0.25, 0.3) is 0 Å². The summed E-state index contributed by atoms with van der Waals surface area (Å²) in [6.07, 6.45) is -3.01. The number of fused-ring (bicyclic) bond motifs is 2. The monoisotopic (exact) mass is 385 g/mol. The fraction of sp³-hybridized carbons (Fsp3) is 0.500. The van der Waals surface area contributed by atoms with E-state index in [1.54, 1.807) is 0 Å². The fourth-order valence-electron chi connectivity index (χ4n) is 3.56. The molecule has 146 valence electrons. The second-order valence-electron chi connectivity index (χ2n) is 6.60. The van der Waals surface area contributed by atoms with Crippen molar-refractivity contribution in [3.05, 3.63) is 40.4 Å². The molecule has 1 aromatic heterocycles. The number of carbonyl (C=O) groups is 2. The van der Waals surface area contributed by atoms with Crippen molar-refractivity contribution >= 4 is 11.6 Å². The van der Waals surface area contributed by atoms with Crippen LogP contribution in [0.1, 0.15) is 41.0 Å². The van der Waals surface area contributed by atoms with Gasteiger partial charge in [-0.3, -0.25) is 9.59 Å². The molecule has 6 nitrogen and oxygen atoms in total. The molecule has 1 N–H and O–H groups in total. The molecule has 1 saturated carbocycles. The van der Waals surface area contributed by atoms with Gasteiger partial charge in [0.15, 0.2) is 5.78 Å². The van der Waals surface area contributed by atoms with E-state index in [0.717, 1.165) is 6.07 Å². The molecule has 2 atom stereocenters. The lowest BCUT2D eigenvalue weighted by atomic mass is 9.83. The predicted octanol–water partition coefficient (Wildman–Crippen LogP) is 3.21. The van der Waals surface area contributed by atoms with E-state index in [-0.39, 0.29) is 41.2 Å². The quantitative estimate of drug-likeness (QED) is 0.350. The molecule has 9 heteroatoms. The minimum absolute atomic E-state index is 0.199. The van der Waals surface area contributed by atoms with E-state index in [9.17, 15) is 27.9 Å². The predicted molar refractivity (Wildman–Crippen MR) is 85.7 cm³/mol. The molecule has 1 heterocycles. The van der Waals surface area contributed by atoms with Crippen LogP contribution in [-0.4, -0.2) is 35.6 Å². The third kappa shape index (κ3) is 3.74. The Kier molecular flexibility index (Phi) is 5.34. The van der Waals surface area contributed by atoms with Crippen LogP contribution in [0, 0.1) is 11.8 Å². The zero-order valence-electron chi connectivity index (χ0n) is 14.5. The summed E-state index contributed by atoms with van der Waals surface area (Å²) in [4.78, 5) is 28.9. The van der Waals surface area contributed by atoms with E-state index >= 15 is 0 Å². The molecule has 2 unspecified atom stereocenters. The summed E-state index contributed by atoms with van der Waals surface area (Å²) in [6, 6.07) is 1.64. The molecule has 2 aliphatic carbocycles. The summed E-state index contributed by atoms with van der Waals surface area (Å²) >= 11 is 0. The standard InChI is InChI=1S/C18H18F3NO5/c1-26-8-27-7-12-11(4-5-13(22-12)18(19,20)21)17(25)14-15(23)9-2-3-10(6-9)16(14)24/h4-5,9-10,23H,2-3,6-8H2,1H3. The van der Waals surface area contributed by atoms with Crippen molar-refractivity contribution < 1.29 is 37.3 Å². The number of ether oxygens (including phenoxy) is 2. The topological polar surface area (TPSA) is 85.7 Å². The highest BCUT2D eigenvalue weighted by molar-refractivity contribution is 6.28. The lowest BCUT2D eigenvalue weighted by Crippen LogP contribution is -2.28. The van der Waals surface area contributed by atoms with Crippen LogP contribution in [0.2, 0.25) is 0 Å². The number of ketones is 2. The molecule has 2 aliphatic rings. The van der Waals surface area contributed by atoms with Gasteiger partial charge in [-0.25, -0.2) is 4.98 Å². The van der Waals surface area contributed by atoms with Crippen LogP contribution in [0.5, 0.6) is 0 Å². The molecule has 0 spiro atoms. The molecule has 0 aliphatic heterocycles. The highest BCUT2D eigenvalue weighted by Gasteiger charge is 2.44. The normalized spacial score (nSPS) is 22.4. The minimum atomic E-state index is -4.70. The number of aromatic nitrogens is 1. The molecule has 0 radical (unpaired) electrons. The minimum Gasteiger partial charge on any atom is -0.511 e. The number of aliphatic hydroxyl groups excluding tert-OH is 1. The summed E-state index contributed by atoms with van der Waals surface area (Å²) in [5.74, 6) is -2.16. The van der Waals surface area contributed by atoms with Gasteiger partial charge < -0.3 is 14.6 Å². The first-order chi connectivity index (χ1) is 12.7. The van der Waals surface area contributed by atoms with Gasteiger partial charge in [0.05, 0.1) is 12.3 Å². The third-order valence-electron chi connectivity index (χ3n) is 4.87. The summed E-state index contributed by atoms with van der Waals surface area (Å²) in [5.41, 5.74) is -1.99. The van der Waals surface area contributed by atoms with Crippen molar-refractivity contribution in [2.24, 2.45) is 11.8 Å². The smallest absolute Gasteiger partial charge is 0.433 e. The molecule has 1 fully saturated rings. The molecule has 2 bridgehead atoms. The Balaban J connectivity index is 2.00. The maximum Gasteiger partial charge on any atom is 0.433 e. The lowest BCUT2D eigenvalue weighted by molar-refractivity contribution is -0.141. The maximum absolute atomic E-state index is 13.0. The first kappa shape index (κ1) is 19.5. The number of hydrogen-bond acceptors (Lipinski definition) is 6. The average Bonchev–Trinajstić information content (AvgIpc) is 3.07. The van der Waals surface area contributed by atoms with Crippen molar-refractivity contribution in [3.8, 4) is 0 Å². The number of nitrogens with zero attached hydrogens (tertiary/aromatic N) is 1. The van der Waals surface area contributed by atoms with Gasteiger partial charge in [-0.15, -0.1) is 0 Å². The lowest BCUT2D eigenvalue weighted by Gasteiger charge is -2.21. The Labute approximate surface area is 153 Å². The molecule has 3 rings (SSSR count). The summed E-state index contributed by atoms with van der Waals surface area (Å²) in [5, 5.41) is 10.3. The largest absolute Gasteiger partial charge is 0.511 e. The number of rotatable bonds is 6. The SMILES string of the molecule is COCOCc1nc(C(F)(F)F)ccc1C(=O)C1=C(O)C2CCC(C2)C1=O. The van der Waals surface area contributed by atoms with Crippen LogP contribution in [-0.2, 0) is 27.1 Å². The Hall–Kier alpha value is -2.26. The van der Waals surface area contributed by atoms with Crippen LogP contribution in [0.4, 0.5) is 13.2 Å². The number of allylic oxidation sites excluding steroid dienone is 2. The van der Waals surface area contributed by atoms with Crippen molar-refractivity contribution in [2.75, 3.05) is 13.9 Å². The van der Waals surface area contributed by atoms with Crippen molar-refractivity contribution in [3.63, 3.8) is 0 Å². The number of carbonyl (C=O) groups excluding carboxylic acids is 2. The van der Waals surface area contributed by atoms with E-state index in [1.165, 1.54) is 7.11 Å². The Bertz CT molecular complexity index is 803. The number of Topliss-reactive ketones (excluding diaryl/α,β-unsaturated/α-hetero) is 2. The second kappa shape index (κ2) is 7.40. The zero-order valence-corrected chi connectivity index (χ0v) is 14.5. The van der Waals surface area contributed by atoms with Gasteiger partial charge in [0.2, 0.25) is 5.78 Å². The highest BCUT2D eigenvalue weighted by atomic mass is 19.4. The van der Waals surface area contributed by atoms with Gasteiger partial charge >= 0.3 is 6.18 Å². The Morgan fingerprint density at radius 1 is 1.30 bits per heavy atom. The van der Waals surface area contributed by atoms with E-state index in [2.05, 4.69) is 9.72 Å². The van der Waals surface area contributed by atoms with Crippen molar-refractivity contribution in [1.82, 2.24) is 4.98 Å². The summed E-state index contributed by atoms with van der Waals surface area (Å²) in [6.45, 7) is -0.615. The van der Waals surface area contributed by atoms with Crippen LogP contribution < -0.4 is 0 Å². The van der Waals surface area contributed by atoms with E-state index < -0.39 is 30.0 Å². The van der Waals surface area contributed by atoms with Gasteiger partial charge in [-0.2, -0.15) is 13.2 Å². The zero-order chi connectivity index (χ0) is 19.8. The van der Waals surface area contributed by atoms with Crippen LogP contribution >= 0.6 is 0 Å². The van der Waals surface area contributed by atoms with Gasteiger partial charge in [0.25, 0.3) is 0 Å². The summed E-state index contributed by atoms with van der Waals surface area (Å²) in [7, 11) is 1.34. The first-order valence-electron chi connectivity index (χ1n) is 8.39. The van der Waals surface area contributed by atoms with Crippen molar-refractivity contribution in [2.45, 2.75) is 32.0 Å². The molecule has 0 amide bonds. The third-order valence-corrected chi connectivity index (χ3v) is 4.87. The Morgan fingerprint density at radius 2 is 2.00 bits per heavy atom. The fourth-order valence-corrected chi connectivity index (χ4v) is 3.56. The molecule has 27 heavy (non-hydrogen) atoms. The number of halogens is 3. The number of pyridine rings is 1. The molecular formula is C18H18F3NO5. The van der Waals surface area contributed by atoms with Gasteiger partial charge in [-0.05, 0) is 31.4 Å². The molecule has 0 aromatic carbocycles. The van der Waals surface area contributed by atoms with E-state index in [4.69, 9.17) is 4.74 Å². The van der Waals surface area contributed by atoms with Crippen LogP contribution in [0.3, 0.4) is 0 Å². The number of hydrogen-bond donors (Lipinski definition) is 1. The highest BCUT2D eigenvalue weighted by Crippen LogP contribution is 2.43. The van der Waals surface area contributed by atoms with Gasteiger partial charge in [-0.1, -0.05) is 0 Å². The van der Waals surface area contributed by atoms with Crippen LogP contribution in [0.15, 0.2) is 23.5 Å². The summed E-state index contributed by atoms with van der Waals surface area (Å²) < 4.78 is 48.6. The second-order valence-corrected chi connectivity index (χ2v) is 6.60. The van der Waals surface area contributed by atoms with E-state index in [0.29, 0.717) is 25.3 Å². The molecule has 1 aromatic rings. The van der Waals surface area contributed by atoms with Gasteiger partial charge in [0.1, 0.15) is 23.8 Å².